The van der Waals surface area contributed by atoms with Gasteiger partial charge in [-0.2, -0.15) is 0 Å². The number of rotatable bonds is 5. The smallest absolute Gasteiger partial charge is 0.107 e. The minimum absolute atomic E-state index is 0.143. The number of nitrogens with zero attached hydrogens (tertiary/aromatic N) is 2. The Labute approximate surface area is 107 Å². The molecule has 0 unspecified atom stereocenters. The topological polar surface area (TPSA) is 36.4 Å². The van der Waals surface area contributed by atoms with Gasteiger partial charge in [0.1, 0.15) is 5.01 Å². The molecule has 2 rings (SSSR count). The second-order valence-corrected chi connectivity index (χ2v) is 6.13. The molecule has 17 heavy (non-hydrogen) atoms. The molecule has 0 radical (unpaired) electrons. The van der Waals surface area contributed by atoms with E-state index in [0.29, 0.717) is 6.61 Å². The summed E-state index contributed by atoms with van der Waals surface area (Å²) in [7, 11) is 0. The Morgan fingerprint density at radius 3 is 3.12 bits per heavy atom. The van der Waals surface area contributed by atoms with Crippen molar-refractivity contribution >= 4 is 11.3 Å². The maximum Gasteiger partial charge on any atom is 0.107 e. The molecule has 0 aromatic carbocycles. The van der Waals surface area contributed by atoms with Crippen LogP contribution in [0.3, 0.4) is 0 Å². The van der Waals surface area contributed by atoms with Gasteiger partial charge >= 0.3 is 0 Å². The van der Waals surface area contributed by atoms with Crippen LogP contribution in [-0.2, 0) is 6.54 Å². The monoisotopic (exact) mass is 254 g/mol. The standard InChI is InChI=1S/C13H22N2OS/c1-2-4-13(11-16)5-3-7-15(10-13)9-12-14-6-8-17-12/h6,8,16H,2-5,7,9-11H2,1H3/t13-/m1/s1. The molecule has 1 atom stereocenters. The lowest BCUT2D eigenvalue weighted by molar-refractivity contribution is 0.0216. The Morgan fingerprint density at radius 1 is 1.59 bits per heavy atom. The van der Waals surface area contributed by atoms with E-state index < -0.39 is 0 Å². The molecule has 1 N–H and O–H groups in total. The van der Waals surface area contributed by atoms with Gasteiger partial charge in [0.15, 0.2) is 0 Å². The summed E-state index contributed by atoms with van der Waals surface area (Å²) in [5.74, 6) is 0. The van der Waals surface area contributed by atoms with Crippen molar-refractivity contribution in [3.63, 3.8) is 0 Å². The zero-order chi connectivity index (χ0) is 12.1. The molecule has 1 aliphatic heterocycles. The second-order valence-electron chi connectivity index (χ2n) is 5.15. The number of aromatic nitrogens is 1. The van der Waals surface area contributed by atoms with Gasteiger partial charge in [0, 0.05) is 30.1 Å². The summed E-state index contributed by atoms with van der Waals surface area (Å²) in [6, 6.07) is 0. The number of aliphatic hydroxyl groups excluding tert-OH is 1. The molecule has 1 aliphatic rings. The maximum absolute atomic E-state index is 9.68. The minimum atomic E-state index is 0.143. The van der Waals surface area contributed by atoms with Gasteiger partial charge in [0.25, 0.3) is 0 Å². The first-order chi connectivity index (χ1) is 8.28. The lowest BCUT2D eigenvalue weighted by atomic mass is 9.77. The van der Waals surface area contributed by atoms with E-state index in [1.165, 1.54) is 17.8 Å². The molecule has 1 saturated heterocycles. The Hall–Kier alpha value is -0.450. The lowest BCUT2D eigenvalue weighted by Gasteiger charge is -2.41. The molecule has 2 heterocycles. The predicted octanol–water partition coefficient (Wildman–Crippen LogP) is 2.52. The van der Waals surface area contributed by atoms with Gasteiger partial charge in [-0.3, -0.25) is 4.90 Å². The van der Waals surface area contributed by atoms with E-state index in [4.69, 9.17) is 0 Å². The summed E-state index contributed by atoms with van der Waals surface area (Å²) in [4.78, 5) is 6.80. The summed E-state index contributed by atoms with van der Waals surface area (Å²) >= 11 is 1.72. The van der Waals surface area contributed by atoms with Crippen molar-refractivity contribution in [3.05, 3.63) is 16.6 Å². The molecular weight excluding hydrogens is 232 g/mol. The maximum atomic E-state index is 9.68. The largest absolute Gasteiger partial charge is 0.396 e. The van der Waals surface area contributed by atoms with E-state index in [1.54, 1.807) is 11.3 Å². The van der Waals surface area contributed by atoms with Gasteiger partial charge in [-0.05, 0) is 25.8 Å². The number of hydrogen-bond acceptors (Lipinski definition) is 4. The molecule has 0 spiro atoms. The van der Waals surface area contributed by atoms with Crippen molar-refractivity contribution in [3.8, 4) is 0 Å². The summed E-state index contributed by atoms with van der Waals surface area (Å²) in [5.41, 5.74) is 0.143. The van der Waals surface area contributed by atoms with Gasteiger partial charge < -0.3 is 5.11 Å². The van der Waals surface area contributed by atoms with Gasteiger partial charge in [-0.15, -0.1) is 11.3 Å². The summed E-state index contributed by atoms with van der Waals surface area (Å²) in [5, 5.41) is 12.9. The van der Waals surface area contributed by atoms with Crippen LogP contribution in [0.4, 0.5) is 0 Å². The van der Waals surface area contributed by atoms with Crippen LogP contribution >= 0.6 is 11.3 Å². The number of thiazole rings is 1. The Bertz CT molecular complexity index is 324. The van der Waals surface area contributed by atoms with Gasteiger partial charge in [-0.1, -0.05) is 13.3 Å². The molecule has 1 aromatic heterocycles. The van der Waals surface area contributed by atoms with Crippen molar-refractivity contribution in [2.45, 2.75) is 39.2 Å². The molecule has 3 nitrogen and oxygen atoms in total. The normalized spacial score (nSPS) is 26.2. The molecule has 0 saturated carbocycles. The first-order valence-electron chi connectivity index (χ1n) is 6.49. The summed E-state index contributed by atoms with van der Waals surface area (Å²) < 4.78 is 0. The van der Waals surface area contributed by atoms with E-state index in [1.807, 2.05) is 11.6 Å². The van der Waals surface area contributed by atoms with Crippen LogP contribution in [0.5, 0.6) is 0 Å². The molecule has 96 valence electrons. The van der Waals surface area contributed by atoms with Crippen molar-refractivity contribution in [1.82, 2.24) is 9.88 Å². The van der Waals surface area contributed by atoms with E-state index in [2.05, 4.69) is 16.8 Å². The highest BCUT2D eigenvalue weighted by Gasteiger charge is 2.34. The number of hydrogen-bond donors (Lipinski definition) is 1. The van der Waals surface area contributed by atoms with E-state index in [9.17, 15) is 5.11 Å². The fourth-order valence-electron chi connectivity index (χ4n) is 2.91. The van der Waals surface area contributed by atoms with Crippen LogP contribution in [0.25, 0.3) is 0 Å². The Kier molecular flexibility index (Phi) is 4.54. The summed E-state index contributed by atoms with van der Waals surface area (Å²) in [6.07, 6.45) is 6.54. The molecule has 4 heteroatoms. The average Bonchev–Trinajstić information content (AvgIpc) is 2.83. The number of likely N-dealkylation sites (tertiary alicyclic amines) is 1. The molecule has 1 fully saturated rings. The quantitative estimate of drug-likeness (QED) is 0.877. The number of aliphatic hydroxyl groups is 1. The van der Waals surface area contributed by atoms with E-state index in [-0.39, 0.29) is 5.41 Å². The summed E-state index contributed by atoms with van der Waals surface area (Å²) in [6.45, 7) is 5.65. The lowest BCUT2D eigenvalue weighted by Crippen LogP contribution is -2.44. The van der Waals surface area contributed by atoms with Gasteiger partial charge in [0.05, 0.1) is 6.54 Å². The van der Waals surface area contributed by atoms with Gasteiger partial charge in [-0.25, -0.2) is 4.98 Å². The predicted molar refractivity (Wildman–Crippen MR) is 71.1 cm³/mol. The molecule has 0 aliphatic carbocycles. The van der Waals surface area contributed by atoms with Crippen LogP contribution < -0.4 is 0 Å². The average molecular weight is 254 g/mol. The number of piperidine rings is 1. The van der Waals surface area contributed by atoms with E-state index >= 15 is 0 Å². The first-order valence-corrected chi connectivity index (χ1v) is 7.37. The molecule has 0 amide bonds. The van der Waals surface area contributed by atoms with Crippen LogP contribution in [0.1, 0.15) is 37.6 Å². The minimum Gasteiger partial charge on any atom is -0.396 e. The fraction of sp³-hybridized carbons (Fsp3) is 0.769. The van der Waals surface area contributed by atoms with E-state index in [0.717, 1.165) is 32.5 Å². The highest BCUT2D eigenvalue weighted by atomic mass is 32.1. The van der Waals surface area contributed by atoms with Crippen LogP contribution in [0, 0.1) is 5.41 Å². The fourth-order valence-corrected chi connectivity index (χ4v) is 3.57. The van der Waals surface area contributed by atoms with Gasteiger partial charge in [0.2, 0.25) is 0 Å². The molecule has 0 bridgehead atoms. The third-order valence-corrected chi connectivity index (χ3v) is 4.46. The molecule has 1 aromatic rings. The third kappa shape index (κ3) is 3.27. The zero-order valence-corrected chi connectivity index (χ0v) is 11.4. The molecular formula is C13H22N2OS. The van der Waals surface area contributed by atoms with Crippen molar-refractivity contribution in [2.75, 3.05) is 19.7 Å². The highest BCUT2D eigenvalue weighted by Crippen LogP contribution is 2.34. The van der Waals surface area contributed by atoms with Crippen LogP contribution in [-0.4, -0.2) is 34.7 Å². The van der Waals surface area contributed by atoms with Crippen molar-refractivity contribution in [1.29, 1.82) is 0 Å². The Balaban J connectivity index is 1.96. The SMILES string of the molecule is CCC[C@@]1(CO)CCCN(Cc2nccs2)C1. The second kappa shape index (κ2) is 5.94. The zero-order valence-electron chi connectivity index (χ0n) is 10.6. The van der Waals surface area contributed by atoms with Crippen molar-refractivity contribution in [2.24, 2.45) is 5.41 Å². The first kappa shape index (κ1) is 13.0. The van der Waals surface area contributed by atoms with Crippen LogP contribution in [0.15, 0.2) is 11.6 Å². The Morgan fingerprint density at radius 2 is 2.47 bits per heavy atom. The highest BCUT2D eigenvalue weighted by molar-refractivity contribution is 7.09. The van der Waals surface area contributed by atoms with Crippen LogP contribution in [0.2, 0.25) is 0 Å². The third-order valence-electron chi connectivity index (χ3n) is 3.70. The van der Waals surface area contributed by atoms with Crippen molar-refractivity contribution < 1.29 is 5.11 Å².